The first kappa shape index (κ1) is 19.4. The molecule has 0 saturated carbocycles. The zero-order chi connectivity index (χ0) is 18.5. The molecule has 0 radical (unpaired) electrons. The van der Waals surface area contributed by atoms with Gasteiger partial charge in [-0.3, -0.25) is 0 Å². The Morgan fingerprint density at radius 1 is 1.23 bits per heavy atom. The van der Waals surface area contributed by atoms with Crippen molar-refractivity contribution in [3.8, 4) is 0 Å². The van der Waals surface area contributed by atoms with E-state index >= 15 is 0 Å². The lowest BCUT2D eigenvalue weighted by molar-refractivity contribution is 0.0903. The van der Waals surface area contributed by atoms with Gasteiger partial charge in [-0.25, -0.2) is 4.39 Å². The Kier molecular flexibility index (Phi) is 6.70. The molecule has 3 nitrogen and oxygen atoms in total. The van der Waals surface area contributed by atoms with Gasteiger partial charge in [0.15, 0.2) is 5.11 Å². The molecule has 2 aromatic rings. The SMILES string of the molecule is Fc1cccc(Cl)c1CN(C[C@H]1CCCO1)C(=S)Nc1ccc(Cl)cc1. The summed E-state index contributed by atoms with van der Waals surface area (Å²) in [6, 6.07) is 11.9. The summed E-state index contributed by atoms with van der Waals surface area (Å²) in [5.41, 5.74) is 1.24. The van der Waals surface area contributed by atoms with E-state index in [2.05, 4.69) is 5.32 Å². The van der Waals surface area contributed by atoms with E-state index < -0.39 is 0 Å². The molecule has 1 atom stereocenters. The maximum absolute atomic E-state index is 14.2. The average Bonchev–Trinajstić information content (AvgIpc) is 3.12. The number of rotatable bonds is 5. The van der Waals surface area contributed by atoms with E-state index in [9.17, 15) is 4.39 Å². The summed E-state index contributed by atoms with van der Waals surface area (Å²) >= 11 is 17.7. The van der Waals surface area contributed by atoms with Crippen LogP contribution >= 0.6 is 35.4 Å². The van der Waals surface area contributed by atoms with Gasteiger partial charge < -0.3 is 15.0 Å². The topological polar surface area (TPSA) is 24.5 Å². The van der Waals surface area contributed by atoms with Crippen LogP contribution in [0.5, 0.6) is 0 Å². The Morgan fingerprint density at radius 3 is 2.65 bits per heavy atom. The highest BCUT2D eigenvalue weighted by atomic mass is 35.5. The first-order valence-electron chi connectivity index (χ1n) is 8.39. The second-order valence-electron chi connectivity index (χ2n) is 6.15. The highest BCUT2D eigenvalue weighted by Crippen LogP contribution is 2.23. The summed E-state index contributed by atoms with van der Waals surface area (Å²) in [6.07, 6.45) is 2.06. The van der Waals surface area contributed by atoms with Gasteiger partial charge in [0.05, 0.1) is 6.10 Å². The zero-order valence-electron chi connectivity index (χ0n) is 14.1. The molecule has 138 valence electrons. The zero-order valence-corrected chi connectivity index (χ0v) is 16.4. The van der Waals surface area contributed by atoms with E-state index in [1.807, 2.05) is 17.0 Å². The lowest BCUT2D eigenvalue weighted by Gasteiger charge is -2.29. The molecule has 26 heavy (non-hydrogen) atoms. The van der Waals surface area contributed by atoms with Gasteiger partial charge >= 0.3 is 0 Å². The van der Waals surface area contributed by atoms with E-state index in [0.717, 1.165) is 25.1 Å². The molecule has 1 heterocycles. The molecule has 7 heteroatoms. The third kappa shape index (κ3) is 5.07. The summed E-state index contributed by atoms with van der Waals surface area (Å²) in [6.45, 7) is 1.59. The Hall–Kier alpha value is -1.40. The lowest BCUT2D eigenvalue weighted by atomic mass is 10.1. The van der Waals surface area contributed by atoms with Crippen molar-refractivity contribution in [1.82, 2.24) is 4.90 Å². The monoisotopic (exact) mass is 412 g/mol. The summed E-state index contributed by atoms with van der Waals surface area (Å²) < 4.78 is 20.0. The minimum absolute atomic E-state index is 0.0746. The van der Waals surface area contributed by atoms with Crippen molar-refractivity contribution in [3.05, 3.63) is 63.9 Å². The first-order chi connectivity index (χ1) is 12.5. The number of halogens is 3. The van der Waals surface area contributed by atoms with Crippen LogP contribution in [0.1, 0.15) is 18.4 Å². The third-order valence-corrected chi connectivity index (χ3v) is 5.21. The Morgan fingerprint density at radius 2 is 2.00 bits per heavy atom. The van der Waals surface area contributed by atoms with Gasteiger partial charge in [-0.1, -0.05) is 29.3 Å². The average molecular weight is 413 g/mol. The van der Waals surface area contributed by atoms with Crippen LogP contribution < -0.4 is 5.32 Å². The Balaban J connectivity index is 1.77. The third-order valence-electron chi connectivity index (χ3n) is 4.24. The van der Waals surface area contributed by atoms with Crippen molar-refractivity contribution >= 4 is 46.2 Å². The molecule has 1 aliphatic rings. The van der Waals surface area contributed by atoms with Crippen LogP contribution in [0.15, 0.2) is 42.5 Å². The number of hydrogen-bond acceptors (Lipinski definition) is 2. The molecule has 0 unspecified atom stereocenters. The van der Waals surface area contributed by atoms with Crippen LogP contribution in [0, 0.1) is 5.82 Å². The normalized spacial score (nSPS) is 16.5. The van der Waals surface area contributed by atoms with Crippen molar-refractivity contribution in [2.75, 3.05) is 18.5 Å². The van der Waals surface area contributed by atoms with Crippen molar-refractivity contribution in [2.45, 2.75) is 25.5 Å². The van der Waals surface area contributed by atoms with E-state index in [1.54, 1.807) is 24.3 Å². The van der Waals surface area contributed by atoms with Gasteiger partial charge in [-0.05, 0) is 61.5 Å². The molecule has 1 aliphatic heterocycles. The van der Waals surface area contributed by atoms with Gasteiger partial charge in [-0.15, -0.1) is 0 Å². The van der Waals surface area contributed by atoms with E-state index in [4.69, 9.17) is 40.2 Å². The molecular weight excluding hydrogens is 394 g/mol. The van der Waals surface area contributed by atoms with Crippen molar-refractivity contribution < 1.29 is 9.13 Å². The number of benzene rings is 2. The van der Waals surface area contributed by atoms with Gasteiger partial charge in [-0.2, -0.15) is 0 Å². The van der Waals surface area contributed by atoms with Crippen LogP contribution in [0.3, 0.4) is 0 Å². The fourth-order valence-corrected chi connectivity index (χ4v) is 3.47. The minimum atomic E-state index is -0.343. The molecule has 0 spiro atoms. The maximum Gasteiger partial charge on any atom is 0.173 e. The first-order valence-corrected chi connectivity index (χ1v) is 9.55. The van der Waals surface area contributed by atoms with Crippen LogP contribution in [-0.2, 0) is 11.3 Å². The summed E-state index contributed by atoms with van der Waals surface area (Å²) in [7, 11) is 0. The smallest absolute Gasteiger partial charge is 0.173 e. The van der Waals surface area contributed by atoms with Crippen LogP contribution in [0.4, 0.5) is 10.1 Å². The predicted molar refractivity (Wildman–Crippen MR) is 108 cm³/mol. The standard InChI is InChI=1S/C19H19Cl2FN2OS/c20-13-6-8-14(9-7-13)23-19(26)24(11-15-3-2-10-25-15)12-16-17(21)4-1-5-18(16)22/h1,4-9,15H,2-3,10-12H2,(H,23,26)/t15-/m1/s1. The summed E-state index contributed by atoms with van der Waals surface area (Å²) in [5, 5.41) is 4.70. The molecule has 1 saturated heterocycles. The largest absolute Gasteiger partial charge is 0.376 e. The second kappa shape index (κ2) is 9.00. The van der Waals surface area contributed by atoms with Crippen LogP contribution in [-0.4, -0.2) is 29.3 Å². The minimum Gasteiger partial charge on any atom is -0.376 e. The van der Waals surface area contributed by atoms with Crippen molar-refractivity contribution in [3.63, 3.8) is 0 Å². The molecular formula is C19H19Cl2FN2OS. The summed E-state index contributed by atoms with van der Waals surface area (Å²) in [5.74, 6) is -0.343. The highest BCUT2D eigenvalue weighted by molar-refractivity contribution is 7.80. The number of ether oxygens (including phenoxy) is 1. The maximum atomic E-state index is 14.2. The molecule has 0 aliphatic carbocycles. The molecule has 0 amide bonds. The van der Waals surface area contributed by atoms with E-state index in [1.165, 1.54) is 6.07 Å². The Labute approximate surface area is 168 Å². The van der Waals surface area contributed by atoms with Crippen LogP contribution in [0.2, 0.25) is 10.0 Å². The quantitative estimate of drug-likeness (QED) is 0.654. The van der Waals surface area contributed by atoms with Gasteiger partial charge in [0, 0.05) is 41.0 Å². The predicted octanol–water partition coefficient (Wildman–Crippen LogP) is 5.51. The van der Waals surface area contributed by atoms with Crippen LogP contribution in [0.25, 0.3) is 0 Å². The Bertz CT molecular complexity index is 746. The number of nitrogens with zero attached hydrogens (tertiary/aromatic N) is 1. The second-order valence-corrected chi connectivity index (χ2v) is 7.38. The molecule has 1 fully saturated rings. The van der Waals surface area contributed by atoms with E-state index in [0.29, 0.717) is 27.3 Å². The molecule has 1 N–H and O–H groups in total. The van der Waals surface area contributed by atoms with Crippen molar-refractivity contribution in [1.29, 1.82) is 0 Å². The molecule has 0 aromatic heterocycles. The molecule has 3 rings (SSSR count). The fraction of sp³-hybridized carbons (Fsp3) is 0.316. The lowest BCUT2D eigenvalue weighted by Crippen LogP contribution is -2.39. The van der Waals surface area contributed by atoms with Crippen molar-refractivity contribution in [2.24, 2.45) is 0 Å². The summed E-state index contributed by atoms with van der Waals surface area (Å²) in [4.78, 5) is 1.89. The number of thiocarbonyl (C=S) groups is 1. The number of hydrogen-bond donors (Lipinski definition) is 1. The molecule has 2 aromatic carbocycles. The fourth-order valence-electron chi connectivity index (χ4n) is 2.86. The molecule has 0 bridgehead atoms. The number of nitrogens with one attached hydrogen (secondary N) is 1. The highest BCUT2D eigenvalue weighted by Gasteiger charge is 2.23. The van der Waals surface area contributed by atoms with Gasteiger partial charge in [0.1, 0.15) is 5.82 Å². The van der Waals surface area contributed by atoms with E-state index in [-0.39, 0.29) is 18.5 Å². The number of anilines is 1. The van der Waals surface area contributed by atoms with Gasteiger partial charge in [0.2, 0.25) is 0 Å². The van der Waals surface area contributed by atoms with Gasteiger partial charge in [0.25, 0.3) is 0 Å².